The number of carbonyl (C=O) groups excluding carboxylic acids is 1. The molecular formula is C17H21F2N5O. The molecule has 2 heterocycles. The van der Waals surface area contributed by atoms with E-state index in [0.717, 1.165) is 10.1 Å². The van der Waals surface area contributed by atoms with E-state index in [4.69, 9.17) is 5.73 Å². The number of hydrogen-bond donors (Lipinski definition) is 1. The summed E-state index contributed by atoms with van der Waals surface area (Å²) in [5, 5.41) is 0. The Bertz CT molecular complexity index is 753. The number of imidazole rings is 1. The lowest BCUT2D eigenvalue weighted by molar-refractivity contribution is 0.0555. The van der Waals surface area contributed by atoms with Gasteiger partial charge in [-0.15, -0.1) is 0 Å². The molecule has 0 aliphatic carbocycles. The molecule has 0 saturated carbocycles. The number of piperazine rings is 1. The maximum absolute atomic E-state index is 12.9. The molecule has 1 fully saturated rings. The molecule has 1 aromatic carbocycles. The highest BCUT2D eigenvalue weighted by molar-refractivity contribution is 5.96. The van der Waals surface area contributed by atoms with Crippen molar-refractivity contribution in [2.24, 2.45) is 0 Å². The third-order valence-electron chi connectivity index (χ3n) is 4.48. The lowest BCUT2D eigenvalue weighted by Crippen LogP contribution is -2.48. The number of carbonyl (C=O) groups is 1. The van der Waals surface area contributed by atoms with Crippen molar-refractivity contribution in [3.8, 4) is 0 Å². The third kappa shape index (κ3) is 3.79. The molecule has 6 nitrogen and oxygen atoms in total. The summed E-state index contributed by atoms with van der Waals surface area (Å²) in [6.45, 7) is 1.95. The Morgan fingerprint density at radius 3 is 2.68 bits per heavy atom. The van der Waals surface area contributed by atoms with E-state index in [9.17, 15) is 13.6 Å². The molecule has 1 aliphatic rings. The zero-order valence-electron chi connectivity index (χ0n) is 14.0. The monoisotopic (exact) mass is 349 g/mol. The molecule has 1 saturated heterocycles. The summed E-state index contributed by atoms with van der Waals surface area (Å²) < 4.78 is 26.6. The van der Waals surface area contributed by atoms with Crippen LogP contribution in [0, 0.1) is 6.92 Å². The van der Waals surface area contributed by atoms with Crippen molar-refractivity contribution in [1.29, 1.82) is 0 Å². The van der Waals surface area contributed by atoms with Gasteiger partial charge in [-0.2, -0.15) is 8.78 Å². The number of amides is 1. The predicted octanol–water partition coefficient (Wildman–Crippen LogP) is 2.13. The topological polar surface area (TPSA) is 67.4 Å². The van der Waals surface area contributed by atoms with E-state index in [-0.39, 0.29) is 5.91 Å². The number of alkyl halides is 2. The summed E-state index contributed by atoms with van der Waals surface area (Å²) >= 11 is 0. The van der Waals surface area contributed by atoms with Gasteiger partial charge in [-0.1, -0.05) is 6.07 Å². The van der Waals surface area contributed by atoms with E-state index in [1.165, 1.54) is 12.4 Å². The van der Waals surface area contributed by atoms with Crippen LogP contribution in [0.1, 0.15) is 28.3 Å². The van der Waals surface area contributed by atoms with Gasteiger partial charge in [0.25, 0.3) is 5.91 Å². The molecule has 8 heteroatoms. The number of rotatable bonds is 4. The first-order chi connectivity index (χ1) is 12.0. The average Bonchev–Trinajstić information content (AvgIpc) is 3.05. The summed E-state index contributed by atoms with van der Waals surface area (Å²) in [5.41, 5.74) is 7.85. The van der Waals surface area contributed by atoms with Gasteiger partial charge in [-0.05, 0) is 24.6 Å². The van der Waals surface area contributed by atoms with Crippen molar-refractivity contribution in [2.45, 2.75) is 20.0 Å². The SMILES string of the molecule is Cc1ccc(N)cc1C(=O)N1CCN(Cc2nccn2C(F)F)CC1. The van der Waals surface area contributed by atoms with E-state index in [2.05, 4.69) is 4.98 Å². The normalized spacial score (nSPS) is 15.8. The molecule has 3 rings (SSSR count). The molecule has 1 aromatic heterocycles. The van der Waals surface area contributed by atoms with Crippen molar-refractivity contribution in [2.75, 3.05) is 31.9 Å². The fraction of sp³-hybridized carbons (Fsp3) is 0.412. The zero-order chi connectivity index (χ0) is 18.0. The maximum atomic E-state index is 12.9. The van der Waals surface area contributed by atoms with Crippen LogP contribution in [0.2, 0.25) is 0 Å². The Hall–Kier alpha value is -2.48. The minimum Gasteiger partial charge on any atom is -0.399 e. The summed E-state index contributed by atoms with van der Waals surface area (Å²) in [6, 6.07) is 5.31. The minimum atomic E-state index is -2.59. The molecule has 2 N–H and O–H groups in total. The molecular weight excluding hydrogens is 328 g/mol. The number of aryl methyl sites for hydroxylation is 1. The van der Waals surface area contributed by atoms with E-state index in [1.54, 1.807) is 17.0 Å². The van der Waals surface area contributed by atoms with Crippen LogP contribution in [0.3, 0.4) is 0 Å². The Kier molecular flexibility index (Phi) is 4.98. The smallest absolute Gasteiger partial charge is 0.319 e. The molecule has 0 radical (unpaired) electrons. The molecule has 0 spiro atoms. The zero-order valence-corrected chi connectivity index (χ0v) is 14.0. The van der Waals surface area contributed by atoms with Gasteiger partial charge in [-0.25, -0.2) is 4.98 Å². The summed E-state index contributed by atoms with van der Waals surface area (Å²) in [6.07, 6.45) is 2.66. The standard InChI is InChI=1S/C17H21F2N5O/c1-12-2-3-13(20)10-14(12)16(25)23-8-6-22(7-9-23)11-15-21-4-5-24(15)17(18)19/h2-5,10,17H,6-9,11,20H2,1H3. The highest BCUT2D eigenvalue weighted by atomic mass is 19.3. The quantitative estimate of drug-likeness (QED) is 0.859. The van der Waals surface area contributed by atoms with E-state index < -0.39 is 6.55 Å². The van der Waals surface area contributed by atoms with Crippen molar-refractivity contribution < 1.29 is 13.6 Å². The average molecular weight is 349 g/mol. The minimum absolute atomic E-state index is 0.0430. The van der Waals surface area contributed by atoms with Crippen molar-refractivity contribution in [3.05, 3.63) is 47.5 Å². The summed E-state index contributed by atoms with van der Waals surface area (Å²) in [5.74, 6) is 0.292. The number of anilines is 1. The van der Waals surface area contributed by atoms with Gasteiger partial charge >= 0.3 is 6.55 Å². The van der Waals surface area contributed by atoms with Crippen LogP contribution in [-0.4, -0.2) is 51.4 Å². The first kappa shape index (κ1) is 17.3. The molecule has 25 heavy (non-hydrogen) atoms. The summed E-state index contributed by atoms with van der Waals surface area (Å²) in [7, 11) is 0. The molecule has 1 amide bonds. The van der Waals surface area contributed by atoms with E-state index in [0.29, 0.717) is 49.8 Å². The van der Waals surface area contributed by atoms with Gasteiger partial charge in [-0.3, -0.25) is 14.3 Å². The second kappa shape index (κ2) is 7.18. The van der Waals surface area contributed by atoms with Crippen LogP contribution < -0.4 is 5.73 Å². The third-order valence-corrected chi connectivity index (χ3v) is 4.48. The number of hydrogen-bond acceptors (Lipinski definition) is 4. The second-order valence-electron chi connectivity index (χ2n) is 6.17. The first-order valence-corrected chi connectivity index (χ1v) is 8.13. The van der Waals surface area contributed by atoms with Crippen LogP contribution in [0.5, 0.6) is 0 Å². The van der Waals surface area contributed by atoms with Gasteiger partial charge in [0.15, 0.2) is 0 Å². The van der Waals surface area contributed by atoms with Crippen LogP contribution >= 0.6 is 0 Å². The number of benzene rings is 1. The Morgan fingerprint density at radius 1 is 1.28 bits per heavy atom. The number of nitrogens with two attached hydrogens (primary N) is 1. The Morgan fingerprint density at radius 2 is 2.00 bits per heavy atom. The Labute approximate surface area is 144 Å². The van der Waals surface area contributed by atoms with Gasteiger partial charge in [0, 0.05) is 49.8 Å². The van der Waals surface area contributed by atoms with Crippen LogP contribution in [0.4, 0.5) is 14.5 Å². The van der Waals surface area contributed by atoms with Crippen molar-refractivity contribution in [3.63, 3.8) is 0 Å². The molecule has 0 unspecified atom stereocenters. The molecule has 0 bridgehead atoms. The predicted molar refractivity (Wildman–Crippen MR) is 90.3 cm³/mol. The van der Waals surface area contributed by atoms with Crippen molar-refractivity contribution >= 4 is 11.6 Å². The maximum Gasteiger partial charge on any atom is 0.319 e. The summed E-state index contributed by atoms with van der Waals surface area (Å²) in [4.78, 5) is 20.5. The fourth-order valence-electron chi connectivity index (χ4n) is 2.99. The Balaban J connectivity index is 1.61. The molecule has 134 valence electrons. The van der Waals surface area contributed by atoms with Gasteiger partial charge in [0.2, 0.25) is 0 Å². The fourth-order valence-corrected chi connectivity index (χ4v) is 2.99. The number of nitrogen functional groups attached to an aromatic ring is 1. The second-order valence-corrected chi connectivity index (χ2v) is 6.17. The first-order valence-electron chi connectivity index (χ1n) is 8.13. The van der Waals surface area contributed by atoms with Gasteiger partial charge < -0.3 is 10.6 Å². The van der Waals surface area contributed by atoms with E-state index >= 15 is 0 Å². The van der Waals surface area contributed by atoms with E-state index in [1.807, 2.05) is 17.9 Å². The number of halogens is 2. The molecule has 1 aliphatic heterocycles. The molecule has 2 aromatic rings. The van der Waals surface area contributed by atoms with Gasteiger partial charge in [0.05, 0.1) is 6.54 Å². The molecule has 0 atom stereocenters. The lowest BCUT2D eigenvalue weighted by atomic mass is 10.1. The van der Waals surface area contributed by atoms with Crippen LogP contribution in [0.15, 0.2) is 30.6 Å². The van der Waals surface area contributed by atoms with Crippen molar-refractivity contribution in [1.82, 2.24) is 19.4 Å². The lowest BCUT2D eigenvalue weighted by Gasteiger charge is -2.34. The largest absolute Gasteiger partial charge is 0.399 e. The van der Waals surface area contributed by atoms with Crippen LogP contribution in [0.25, 0.3) is 0 Å². The highest BCUT2D eigenvalue weighted by Gasteiger charge is 2.24. The van der Waals surface area contributed by atoms with Gasteiger partial charge in [0.1, 0.15) is 5.82 Å². The van der Waals surface area contributed by atoms with Crippen LogP contribution in [-0.2, 0) is 6.54 Å². The number of aromatic nitrogens is 2. The number of nitrogens with zero attached hydrogens (tertiary/aromatic N) is 4. The highest BCUT2D eigenvalue weighted by Crippen LogP contribution is 2.18.